The molecule has 0 bridgehead atoms. The number of hydrogen-bond donors (Lipinski definition) is 2. The average molecular weight is 268 g/mol. The van der Waals surface area contributed by atoms with Crippen molar-refractivity contribution in [1.29, 1.82) is 0 Å². The normalized spacial score (nSPS) is 26.4. The Morgan fingerprint density at radius 1 is 1.28 bits per heavy atom. The summed E-state index contributed by atoms with van der Waals surface area (Å²) in [5, 5.41) is 3.00. The SMILES string of the molecule is NC(=O)C1(Nc2ccccc2)CCCS(=O)(=O)C1. The Kier molecular flexibility index (Phi) is 3.30. The Bertz CT molecular complexity index is 542. The molecule has 1 aromatic carbocycles. The monoisotopic (exact) mass is 268 g/mol. The number of carbonyl (C=O) groups excluding carboxylic acids is 1. The van der Waals surface area contributed by atoms with E-state index in [9.17, 15) is 13.2 Å². The van der Waals surface area contributed by atoms with Gasteiger partial charge in [-0.05, 0) is 25.0 Å². The lowest BCUT2D eigenvalue weighted by Gasteiger charge is -2.35. The molecule has 1 aromatic rings. The molecule has 0 radical (unpaired) electrons. The van der Waals surface area contributed by atoms with E-state index in [1.807, 2.05) is 18.2 Å². The highest BCUT2D eigenvalue weighted by Gasteiger charge is 2.43. The molecule has 1 aliphatic rings. The Labute approximate surface area is 106 Å². The molecule has 1 atom stereocenters. The van der Waals surface area contributed by atoms with Gasteiger partial charge in [0.2, 0.25) is 5.91 Å². The Morgan fingerprint density at radius 3 is 2.50 bits per heavy atom. The van der Waals surface area contributed by atoms with Crippen LogP contribution in [0.1, 0.15) is 12.8 Å². The number of nitrogens with two attached hydrogens (primary N) is 1. The van der Waals surface area contributed by atoms with E-state index in [2.05, 4.69) is 5.32 Å². The van der Waals surface area contributed by atoms with E-state index < -0.39 is 21.3 Å². The second-order valence-corrected chi connectivity index (χ2v) is 6.82. The van der Waals surface area contributed by atoms with Gasteiger partial charge in [0.25, 0.3) is 0 Å². The molecule has 1 aliphatic heterocycles. The van der Waals surface area contributed by atoms with Crippen LogP contribution in [0.2, 0.25) is 0 Å². The number of carbonyl (C=O) groups is 1. The highest BCUT2D eigenvalue weighted by atomic mass is 32.2. The Hall–Kier alpha value is -1.56. The number of para-hydroxylation sites is 1. The van der Waals surface area contributed by atoms with Crippen LogP contribution in [0.3, 0.4) is 0 Å². The molecule has 98 valence electrons. The first kappa shape index (κ1) is 12.9. The molecular weight excluding hydrogens is 252 g/mol. The minimum absolute atomic E-state index is 0.124. The molecule has 0 aromatic heterocycles. The summed E-state index contributed by atoms with van der Waals surface area (Å²) in [5.74, 6) is -0.724. The molecule has 5 nitrogen and oxygen atoms in total. The summed E-state index contributed by atoms with van der Waals surface area (Å²) in [5.41, 5.74) is 4.93. The van der Waals surface area contributed by atoms with Crippen molar-refractivity contribution in [2.45, 2.75) is 18.4 Å². The van der Waals surface area contributed by atoms with Gasteiger partial charge in [0, 0.05) is 5.69 Å². The fraction of sp³-hybridized carbons (Fsp3) is 0.417. The number of rotatable bonds is 3. The molecule has 1 heterocycles. The summed E-state index contributed by atoms with van der Waals surface area (Å²) in [6, 6.07) is 9.04. The van der Waals surface area contributed by atoms with Crippen molar-refractivity contribution in [1.82, 2.24) is 0 Å². The quantitative estimate of drug-likeness (QED) is 0.837. The van der Waals surface area contributed by atoms with Gasteiger partial charge in [0.15, 0.2) is 9.84 Å². The van der Waals surface area contributed by atoms with Gasteiger partial charge in [-0.15, -0.1) is 0 Å². The third kappa shape index (κ3) is 2.64. The zero-order valence-electron chi connectivity index (χ0n) is 9.93. The van der Waals surface area contributed by atoms with E-state index in [0.29, 0.717) is 18.5 Å². The van der Waals surface area contributed by atoms with Gasteiger partial charge < -0.3 is 11.1 Å². The summed E-state index contributed by atoms with van der Waals surface area (Å²) in [6.45, 7) is 0. The zero-order valence-corrected chi connectivity index (χ0v) is 10.7. The van der Waals surface area contributed by atoms with Crippen LogP contribution in [0.4, 0.5) is 5.69 Å². The third-order valence-corrected chi connectivity index (χ3v) is 5.00. The summed E-state index contributed by atoms with van der Waals surface area (Å²) in [7, 11) is -3.22. The molecule has 0 saturated carbocycles. The molecule has 0 aliphatic carbocycles. The van der Waals surface area contributed by atoms with E-state index in [0.717, 1.165) is 0 Å². The van der Waals surface area contributed by atoms with Crippen LogP contribution < -0.4 is 11.1 Å². The largest absolute Gasteiger partial charge is 0.370 e. The minimum Gasteiger partial charge on any atom is -0.370 e. The van der Waals surface area contributed by atoms with Crippen LogP contribution in [-0.2, 0) is 14.6 Å². The van der Waals surface area contributed by atoms with Crippen LogP contribution in [-0.4, -0.2) is 31.4 Å². The first-order chi connectivity index (χ1) is 8.44. The molecule has 18 heavy (non-hydrogen) atoms. The maximum atomic E-state index is 11.7. The average Bonchev–Trinajstić information content (AvgIpc) is 2.28. The van der Waals surface area contributed by atoms with Crippen LogP contribution in [0.25, 0.3) is 0 Å². The molecule has 1 fully saturated rings. The molecule has 1 amide bonds. The number of amides is 1. The first-order valence-corrected chi connectivity index (χ1v) is 7.59. The summed E-state index contributed by atoms with van der Waals surface area (Å²) in [6.07, 6.45) is 0.890. The lowest BCUT2D eigenvalue weighted by molar-refractivity contribution is -0.122. The fourth-order valence-electron chi connectivity index (χ4n) is 2.27. The number of nitrogens with one attached hydrogen (secondary N) is 1. The van der Waals surface area contributed by atoms with Gasteiger partial charge in [0.05, 0.1) is 11.5 Å². The van der Waals surface area contributed by atoms with Crippen LogP contribution >= 0.6 is 0 Å². The molecule has 1 saturated heterocycles. The summed E-state index contributed by atoms with van der Waals surface area (Å²) < 4.78 is 23.4. The van der Waals surface area contributed by atoms with Gasteiger partial charge in [-0.3, -0.25) is 4.79 Å². The van der Waals surface area contributed by atoms with Crippen molar-refractivity contribution in [3.63, 3.8) is 0 Å². The Balaban J connectivity index is 2.31. The van der Waals surface area contributed by atoms with Crippen molar-refractivity contribution in [3.8, 4) is 0 Å². The van der Waals surface area contributed by atoms with Crippen molar-refractivity contribution in [2.24, 2.45) is 5.73 Å². The van der Waals surface area contributed by atoms with Crippen molar-refractivity contribution < 1.29 is 13.2 Å². The molecular formula is C12H16N2O3S. The van der Waals surface area contributed by atoms with Gasteiger partial charge in [0.1, 0.15) is 5.54 Å². The van der Waals surface area contributed by atoms with E-state index in [4.69, 9.17) is 5.73 Å². The topological polar surface area (TPSA) is 89.3 Å². The first-order valence-electron chi connectivity index (χ1n) is 5.77. The maximum Gasteiger partial charge on any atom is 0.244 e. The second-order valence-electron chi connectivity index (χ2n) is 4.63. The van der Waals surface area contributed by atoms with E-state index >= 15 is 0 Å². The molecule has 1 unspecified atom stereocenters. The lowest BCUT2D eigenvalue weighted by atomic mass is 9.94. The third-order valence-electron chi connectivity index (χ3n) is 3.15. The fourth-order valence-corrected chi connectivity index (χ4v) is 4.10. The van der Waals surface area contributed by atoms with Crippen LogP contribution in [0.15, 0.2) is 30.3 Å². The molecule has 6 heteroatoms. The number of primary amides is 1. The number of benzene rings is 1. The van der Waals surface area contributed by atoms with E-state index in [1.54, 1.807) is 12.1 Å². The van der Waals surface area contributed by atoms with Gasteiger partial charge >= 0.3 is 0 Å². The van der Waals surface area contributed by atoms with Crippen LogP contribution in [0.5, 0.6) is 0 Å². The number of sulfone groups is 1. The number of hydrogen-bond acceptors (Lipinski definition) is 4. The Morgan fingerprint density at radius 2 is 1.94 bits per heavy atom. The summed E-state index contributed by atoms with van der Waals surface area (Å²) >= 11 is 0. The zero-order chi connectivity index (χ0) is 13.2. The van der Waals surface area contributed by atoms with Crippen molar-refractivity contribution >= 4 is 21.4 Å². The number of anilines is 1. The van der Waals surface area contributed by atoms with Crippen LogP contribution in [0, 0.1) is 0 Å². The standard InChI is InChI=1S/C12H16N2O3S/c13-11(15)12(7-4-8-18(16,17)9-12)14-10-5-2-1-3-6-10/h1-3,5-6,14H,4,7-9H2,(H2,13,15). The van der Waals surface area contributed by atoms with Crippen molar-refractivity contribution in [3.05, 3.63) is 30.3 Å². The van der Waals surface area contributed by atoms with E-state index in [1.165, 1.54) is 0 Å². The predicted octanol–water partition coefficient (Wildman–Crippen LogP) is 0.531. The smallest absolute Gasteiger partial charge is 0.244 e. The highest BCUT2D eigenvalue weighted by molar-refractivity contribution is 7.91. The second kappa shape index (κ2) is 4.61. The molecule has 3 N–H and O–H groups in total. The summed E-state index contributed by atoms with van der Waals surface area (Å²) in [4.78, 5) is 11.7. The van der Waals surface area contributed by atoms with Gasteiger partial charge in [-0.1, -0.05) is 18.2 Å². The maximum absolute atomic E-state index is 11.7. The van der Waals surface area contributed by atoms with Gasteiger partial charge in [-0.25, -0.2) is 8.42 Å². The van der Waals surface area contributed by atoms with Gasteiger partial charge in [-0.2, -0.15) is 0 Å². The molecule has 0 spiro atoms. The lowest BCUT2D eigenvalue weighted by Crippen LogP contribution is -2.57. The minimum atomic E-state index is -3.22. The highest BCUT2D eigenvalue weighted by Crippen LogP contribution is 2.27. The van der Waals surface area contributed by atoms with Crippen molar-refractivity contribution in [2.75, 3.05) is 16.8 Å². The predicted molar refractivity (Wildman–Crippen MR) is 69.9 cm³/mol. The van der Waals surface area contributed by atoms with E-state index in [-0.39, 0.29) is 11.5 Å². The molecule has 2 rings (SSSR count).